The molecule has 1 aromatic heterocycles. The van der Waals surface area contributed by atoms with Gasteiger partial charge in [-0.15, -0.1) is 0 Å². The first-order valence-electron chi connectivity index (χ1n) is 14.6. The normalized spacial score (nSPS) is 15.4. The van der Waals surface area contributed by atoms with E-state index in [1.165, 1.54) is 5.56 Å². The van der Waals surface area contributed by atoms with E-state index in [1.54, 1.807) is 7.11 Å². The molecule has 220 valence electrons. The van der Waals surface area contributed by atoms with Crippen molar-refractivity contribution in [1.82, 2.24) is 20.1 Å². The summed E-state index contributed by atoms with van der Waals surface area (Å²) in [5.74, 6) is 0.718. The SMILES string of the molecule is COc1ccc(C2CCN(C(=O)NC(C(=O)Nc3cccc(CN(C)C)c3)C(C)c3c[nH]c4ccccc34)CC2)cc1. The molecule has 8 nitrogen and oxygen atoms in total. The lowest BCUT2D eigenvalue weighted by atomic mass is 9.89. The maximum Gasteiger partial charge on any atom is 0.318 e. The molecule has 4 aromatic rings. The van der Waals surface area contributed by atoms with Crippen LogP contribution in [0.2, 0.25) is 0 Å². The molecule has 5 rings (SSSR count). The van der Waals surface area contributed by atoms with Gasteiger partial charge < -0.3 is 30.2 Å². The summed E-state index contributed by atoms with van der Waals surface area (Å²) in [5.41, 5.74) is 5.07. The van der Waals surface area contributed by atoms with E-state index in [9.17, 15) is 9.59 Å². The van der Waals surface area contributed by atoms with E-state index in [1.807, 2.05) is 92.8 Å². The van der Waals surface area contributed by atoms with Crippen molar-refractivity contribution >= 4 is 28.5 Å². The minimum Gasteiger partial charge on any atom is -0.497 e. The van der Waals surface area contributed by atoms with Gasteiger partial charge in [0.05, 0.1) is 7.11 Å². The number of anilines is 1. The molecule has 0 radical (unpaired) electrons. The number of hydrogen-bond acceptors (Lipinski definition) is 4. The van der Waals surface area contributed by atoms with E-state index in [2.05, 4.69) is 32.7 Å². The van der Waals surface area contributed by atoms with Crippen LogP contribution < -0.4 is 15.4 Å². The fourth-order valence-corrected chi connectivity index (χ4v) is 5.92. The molecule has 3 amide bonds. The van der Waals surface area contributed by atoms with Crippen LogP contribution in [-0.4, -0.2) is 67.1 Å². The predicted octanol–water partition coefficient (Wildman–Crippen LogP) is 5.94. The van der Waals surface area contributed by atoms with Gasteiger partial charge in [-0.05, 0) is 79.9 Å². The van der Waals surface area contributed by atoms with Gasteiger partial charge >= 0.3 is 6.03 Å². The number of aromatic nitrogens is 1. The van der Waals surface area contributed by atoms with Crippen molar-refractivity contribution in [2.75, 3.05) is 39.6 Å². The predicted molar refractivity (Wildman–Crippen MR) is 168 cm³/mol. The maximum absolute atomic E-state index is 13.9. The number of rotatable bonds is 9. The fraction of sp³-hybridized carbons (Fsp3) is 0.353. The Morgan fingerprint density at radius 3 is 2.48 bits per heavy atom. The number of urea groups is 1. The largest absolute Gasteiger partial charge is 0.497 e. The zero-order valence-electron chi connectivity index (χ0n) is 24.9. The molecule has 0 saturated carbocycles. The van der Waals surface area contributed by atoms with Gasteiger partial charge in [0.15, 0.2) is 0 Å². The lowest BCUT2D eigenvalue weighted by Crippen LogP contribution is -2.53. The molecule has 0 spiro atoms. The Bertz CT molecular complexity index is 1510. The zero-order valence-corrected chi connectivity index (χ0v) is 24.9. The van der Waals surface area contributed by atoms with Crippen LogP contribution in [0.1, 0.15) is 48.3 Å². The van der Waals surface area contributed by atoms with Gasteiger partial charge in [-0.25, -0.2) is 4.79 Å². The molecule has 2 atom stereocenters. The van der Waals surface area contributed by atoms with Gasteiger partial charge in [0, 0.05) is 48.3 Å². The van der Waals surface area contributed by atoms with Gasteiger partial charge in [0.1, 0.15) is 11.8 Å². The number of ether oxygens (including phenoxy) is 1. The second-order valence-electron chi connectivity index (χ2n) is 11.5. The van der Waals surface area contributed by atoms with E-state index in [-0.39, 0.29) is 17.9 Å². The number of hydrogen-bond donors (Lipinski definition) is 3. The number of nitrogens with one attached hydrogen (secondary N) is 3. The number of H-pyrrole nitrogens is 1. The van der Waals surface area contributed by atoms with Crippen LogP contribution in [0.3, 0.4) is 0 Å². The van der Waals surface area contributed by atoms with Crippen molar-refractivity contribution in [1.29, 1.82) is 0 Å². The molecule has 1 aliphatic rings. The van der Waals surface area contributed by atoms with E-state index < -0.39 is 6.04 Å². The highest BCUT2D eigenvalue weighted by Crippen LogP contribution is 2.31. The molecular formula is C34H41N5O3. The first-order chi connectivity index (χ1) is 20.3. The van der Waals surface area contributed by atoms with Crippen molar-refractivity contribution in [3.63, 3.8) is 0 Å². The average molecular weight is 568 g/mol. The number of amides is 3. The van der Waals surface area contributed by atoms with Crippen LogP contribution >= 0.6 is 0 Å². The van der Waals surface area contributed by atoms with E-state index in [4.69, 9.17) is 4.74 Å². The number of benzene rings is 3. The number of piperidine rings is 1. The summed E-state index contributed by atoms with van der Waals surface area (Å²) in [6, 6.07) is 23.1. The molecule has 1 aliphatic heterocycles. The topological polar surface area (TPSA) is 89.7 Å². The number of para-hydroxylation sites is 1. The van der Waals surface area contributed by atoms with Crippen LogP contribution in [0.4, 0.5) is 10.5 Å². The van der Waals surface area contributed by atoms with Crippen molar-refractivity contribution in [2.24, 2.45) is 0 Å². The van der Waals surface area contributed by atoms with Crippen molar-refractivity contribution < 1.29 is 14.3 Å². The van der Waals surface area contributed by atoms with Gasteiger partial charge in [-0.1, -0.05) is 49.4 Å². The standard InChI is InChI=1S/C34H41N5O3/c1-23(30-21-35-31-11-6-5-10-29(30)31)32(33(40)36-27-9-7-8-24(20-27)22-38(2)3)37-34(41)39-18-16-26(17-19-39)25-12-14-28(42-4)15-13-25/h5-15,20-21,23,26,32,35H,16-19,22H2,1-4H3,(H,36,40)(H,37,41). The summed E-state index contributed by atoms with van der Waals surface area (Å²) in [7, 11) is 5.69. The van der Waals surface area contributed by atoms with Crippen LogP contribution in [0.5, 0.6) is 5.75 Å². The van der Waals surface area contributed by atoms with E-state index in [0.717, 1.165) is 47.2 Å². The highest BCUT2D eigenvalue weighted by molar-refractivity contribution is 5.98. The second-order valence-corrected chi connectivity index (χ2v) is 11.5. The number of fused-ring (bicyclic) bond motifs is 1. The summed E-state index contributed by atoms with van der Waals surface area (Å²) in [4.78, 5) is 34.7. The molecule has 0 aliphatic carbocycles. The number of methoxy groups -OCH3 is 1. The monoisotopic (exact) mass is 567 g/mol. The molecule has 2 unspecified atom stereocenters. The third-order valence-electron chi connectivity index (χ3n) is 8.24. The maximum atomic E-state index is 13.9. The third-order valence-corrected chi connectivity index (χ3v) is 8.24. The van der Waals surface area contributed by atoms with Gasteiger partial charge in [0.25, 0.3) is 0 Å². The molecule has 8 heteroatoms. The second kappa shape index (κ2) is 13.1. The van der Waals surface area contributed by atoms with E-state index >= 15 is 0 Å². The Labute approximate surface area is 248 Å². The number of likely N-dealkylation sites (tertiary alicyclic amines) is 1. The Balaban J connectivity index is 1.32. The van der Waals surface area contributed by atoms with E-state index in [0.29, 0.717) is 24.7 Å². The van der Waals surface area contributed by atoms with Crippen LogP contribution in [-0.2, 0) is 11.3 Å². The first-order valence-corrected chi connectivity index (χ1v) is 14.6. The van der Waals surface area contributed by atoms with Crippen molar-refractivity contribution in [2.45, 2.75) is 44.2 Å². The van der Waals surface area contributed by atoms with Gasteiger partial charge in [-0.3, -0.25) is 4.79 Å². The molecule has 42 heavy (non-hydrogen) atoms. The molecule has 0 bridgehead atoms. The molecule has 3 N–H and O–H groups in total. The summed E-state index contributed by atoms with van der Waals surface area (Å²) < 4.78 is 5.29. The molecule has 2 heterocycles. The summed E-state index contributed by atoms with van der Waals surface area (Å²) in [6.45, 7) is 4.02. The Hall–Kier alpha value is -4.30. The quantitative estimate of drug-likeness (QED) is 0.234. The Morgan fingerprint density at radius 1 is 1.02 bits per heavy atom. The lowest BCUT2D eigenvalue weighted by molar-refractivity contribution is -0.118. The number of nitrogens with zero attached hydrogens (tertiary/aromatic N) is 2. The van der Waals surface area contributed by atoms with Crippen LogP contribution in [0.25, 0.3) is 10.9 Å². The first kappa shape index (κ1) is 29.2. The zero-order chi connectivity index (χ0) is 29.6. The van der Waals surface area contributed by atoms with Crippen LogP contribution in [0, 0.1) is 0 Å². The Morgan fingerprint density at radius 2 is 1.76 bits per heavy atom. The lowest BCUT2D eigenvalue weighted by Gasteiger charge is -2.34. The highest BCUT2D eigenvalue weighted by atomic mass is 16.5. The number of aromatic amines is 1. The van der Waals surface area contributed by atoms with Crippen molar-refractivity contribution in [3.8, 4) is 5.75 Å². The minimum absolute atomic E-state index is 0.212. The highest BCUT2D eigenvalue weighted by Gasteiger charge is 2.32. The molecule has 3 aromatic carbocycles. The molecule has 1 fully saturated rings. The molecular weight excluding hydrogens is 526 g/mol. The van der Waals surface area contributed by atoms with Gasteiger partial charge in [-0.2, -0.15) is 0 Å². The van der Waals surface area contributed by atoms with Gasteiger partial charge in [0.2, 0.25) is 5.91 Å². The summed E-state index contributed by atoms with van der Waals surface area (Å²) >= 11 is 0. The molecule has 1 saturated heterocycles. The third kappa shape index (κ3) is 6.77. The minimum atomic E-state index is -0.770. The smallest absolute Gasteiger partial charge is 0.318 e. The Kier molecular flexibility index (Phi) is 9.12. The summed E-state index contributed by atoms with van der Waals surface area (Å²) in [6.07, 6.45) is 3.68. The van der Waals surface area contributed by atoms with Crippen molar-refractivity contribution in [3.05, 3.63) is 95.7 Å². The number of carbonyl (C=O) groups excluding carboxylic acids is 2. The average Bonchev–Trinajstić information content (AvgIpc) is 3.44. The fourth-order valence-electron chi connectivity index (χ4n) is 5.92. The summed E-state index contributed by atoms with van der Waals surface area (Å²) in [5, 5.41) is 7.24. The number of carbonyl (C=O) groups is 2. The van der Waals surface area contributed by atoms with Crippen LogP contribution in [0.15, 0.2) is 79.0 Å².